The second-order valence-electron chi connectivity index (χ2n) is 7.16. The van der Waals surface area contributed by atoms with Gasteiger partial charge in [-0.15, -0.1) is 0 Å². The average Bonchev–Trinajstić information content (AvgIpc) is 2.74. The molecule has 0 aliphatic carbocycles. The third kappa shape index (κ3) is 5.87. The van der Waals surface area contributed by atoms with Crippen LogP contribution in [0.4, 0.5) is 11.4 Å². The molecule has 1 fully saturated rings. The minimum atomic E-state index is -0.125. The number of rotatable bonds is 7. The van der Waals surface area contributed by atoms with Crippen LogP contribution in [0.1, 0.15) is 12.8 Å². The molecule has 0 saturated carbocycles. The molecule has 2 aromatic carbocycles. The van der Waals surface area contributed by atoms with E-state index in [2.05, 4.69) is 15.5 Å². The Morgan fingerprint density at radius 2 is 1.83 bits per heavy atom. The average molecular weight is 432 g/mol. The van der Waals surface area contributed by atoms with E-state index >= 15 is 0 Å². The van der Waals surface area contributed by atoms with Crippen LogP contribution in [0.15, 0.2) is 42.5 Å². The maximum atomic E-state index is 12.5. The molecule has 0 bridgehead atoms. The lowest BCUT2D eigenvalue weighted by molar-refractivity contribution is -0.121. The second-order valence-corrected chi connectivity index (χ2v) is 7.60. The van der Waals surface area contributed by atoms with Crippen molar-refractivity contribution in [3.8, 4) is 11.5 Å². The van der Waals surface area contributed by atoms with Gasteiger partial charge in [-0.25, -0.2) is 0 Å². The van der Waals surface area contributed by atoms with Crippen molar-refractivity contribution < 1.29 is 19.1 Å². The SMILES string of the molecule is COc1ccc(NC(=O)CN2CCC(C(=O)Nc3cccc(Cl)c3)CC2)c(OC)c1. The van der Waals surface area contributed by atoms with Crippen molar-refractivity contribution in [2.75, 3.05) is 44.5 Å². The number of methoxy groups -OCH3 is 2. The van der Waals surface area contributed by atoms with E-state index in [1.807, 2.05) is 6.07 Å². The number of carbonyl (C=O) groups is 2. The molecule has 3 rings (SSSR count). The number of likely N-dealkylation sites (tertiary alicyclic amines) is 1. The number of ether oxygens (including phenoxy) is 2. The van der Waals surface area contributed by atoms with E-state index in [9.17, 15) is 9.59 Å². The largest absolute Gasteiger partial charge is 0.497 e. The van der Waals surface area contributed by atoms with E-state index in [4.69, 9.17) is 21.1 Å². The van der Waals surface area contributed by atoms with Gasteiger partial charge in [-0.05, 0) is 56.3 Å². The van der Waals surface area contributed by atoms with Crippen molar-refractivity contribution in [3.05, 3.63) is 47.5 Å². The minimum Gasteiger partial charge on any atom is -0.497 e. The van der Waals surface area contributed by atoms with Gasteiger partial charge in [0.05, 0.1) is 26.5 Å². The zero-order valence-corrected chi connectivity index (χ0v) is 17.9. The molecule has 8 heteroatoms. The minimum absolute atomic E-state index is 0.00987. The van der Waals surface area contributed by atoms with Gasteiger partial charge < -0.3 is 20.1 Å². The number of piperidine rings is 1. The zero-order chi connectivity index (χ0) is 21.5. The summed E-state index contributed by atoms with van der Waals surface area (Å²) in [5, 5.41) is 6.38. The number of nitrogens with zero attached hydrogens (tertiary/aromatic N) is 1. The lowest BCUT2D eigenvalue weighted by atomic mass is 9.96. The summed E-state index contributed by atoms with van der Waals surface area (Å²) in [6.07, 6.45) is 1.40. The molecule has 1 aliphatic heterocycles. The van der Waals surface area contributed by atoms with Gasteiger partial charge in [0, 0.05) is 22.7 Å². The van der Waals surface area contributed by atoms with Crippen LogP contribution in [0.2, 0.25) is 5.02 Å². The lowest BCUT2D eigenvalue weighted by Crippen LogP contribution is -2.41. The van der Waals surface area contributed by atoms with E-state index in [-0.39, 0.29) is 24.3 Å². The molecule has 2 amide bonds. The van der Waals surface area contributed by atoms with Gasteiger partial charge in [-0.1, -0.05) is 17.7 Å². The number of halogens is 1. The summed E-state index contributed by atoms with van der Waals surface area (Å²) < 4.78 is 10.5. The number of anilines is 2. The highest BCUT2D eigenvalue weighted by molar-refractivity contribution is 6.30. The molecule has 0 unspecified atom stereocenters. The summed E-state index contributed by atoms with van der Waals surface area (Å²) in [5.41, 5.74) is 1.29. The first-order chi connectivity index (χ1) is 14.5. The van der Waals surface area contributed by atoms with E-state index in [0.29, 0.717) is 53.8 Å². The Labute approximate surface area is 181 Å². The van der Waals surface area contributed by atoms with Crippen LogP contribution in [0.5, 0.6) is 11.5 Å². The van der Waals surface area contributed by atoms with Crippen LogP contribution in [-0.4, -0.2) is 50.6 Å². The maximum absolute atomic E-state index is 12.5. The summed E-state index contributed by atoms with van der Waals surface area (Å²) in [6, 6.07) is 12.4. The summed E-state index contributed by atoms with van der Waals surface area (Å²) in [5.74, 6) is 0.983. The fraction of sp³-hybridized carbons (Fsp3) is 0.364. The van der Waals surface area contributed by atoms with Crippen molar-refractivity contribution in [1.29, 1.82) is 0 Å². The molecular formula is C22H26ClN3O4. The third-order valence-corrected chi connectivity index (χ3v) is 5.34. The van der Waals surface area contributed by atoms with Crippen molar-refractivity contribution in [1.82, 2.24) is 4.90 Å². The van der Waals surface area contributed by atoms with Crippen molar-refractivity contribution in [2.45, 2.75) is 12.8 Å². The fourth-order valence-corrected chi connectivity index (χ4v) is 3.65. The number of nitrogens with one attached hydrogen (secondary N) is 2. The van der Waals surface area contributed by atoms with E-state index in [0.717, 1.165) is 0 Å². The van der Waals surface area contributed by atoms with Gasteiger partial charge in [0.15, 0.2) is 0 Å². The molecule has 0 atom stereocenters. The molecule has 1 saturated heterocycles. The monoisotopic (exact) mass is 431 g/mol. The molecule has 0 spiro atoms. The predicted octanol–water partition coefficient (Wildman–Crippen LogP) is 3.65. The summed E-state index contributed by atoms with van der Waals surface area (Å²) in [6.45, 7) is 1.62. The van der Waals surface area contributed by atoms with Crippen molar-refractivity contribution in [2.24, 2.45) is 5.92 Å². The Kier molecular flexibility index (Phi) is 7.54. The van der Waals surface area contributed by atoms with Gasteiger partial charge in [0.2, 0.25) is 11.8 Å². The van der Waals surface area contributed by atoms with Gasteiger partial charge in [0.25, 0.3) is 0 Å². The molecule has 30 heavy (non-hydrogen) atoms. The Morgan fingerprint density at radius 3 is 2.50 bits per heavy atom. The Balaban J connectivity index is 1.47. The first kappa shape index (κ1) is 21.9. The van der Waals surface area contributed by atoms with Gasteiger partial charge in [0.1, 0.15) is 11.5 Å². The molecule has 1 heterocycles. The number of hydrogen-bond acceptors (Lipinski definition) is 5. The topological polar surface area (TPSA) is 79.9 Å². The van der Waals surface area contributed by atoms with Gasteiger partial charge >= 0.3 is 0 Å². The number of hydrogen-bond donors (Lipinski definition) is 2. The van der Waals surface area contributed by atoms with E-state index < -0.39 is 0 Å². The molecule has 2 N–H and O–H groups in total. The molecular weight excluding hydrogens is 406 g/mol. The molecule has 0 radical (unpaired) electrons. The number of carbonyl (C=O) groups excluding carboxylic acids is 2. The van der Waals surface area contributed by atoms with Crippen molar-refractivity contribution >= 4 is 34.8 Å². The van der Waals surface area contributed by atoms with Gasteiger partial charge in [-0.2, -0.15) is 0 Å². The van der Waals surface area contributed by atoms with Crippen LogP contribution in [0.25, 0.3) is 0 Å². The van der Waals surface area contributed by atoms with Crippen LogP contribution < -0.4 is 20.1 Å². The summed E-state index contributed by atoms with van der Waals surface area (Å²) >= 11 is 5.96. The normalized spacial score (nSPS) is 14.8. The summed E-state index contributed by atoms with van der Waals surface area (Å²) in [7, 11) is 3.12. The summed E-state index contributed by atoms with van der Waals surface area (Å²) in [4.78, 5) is 27.0. The predicted molar refractivity (Wildman–Crippen MR) is 117 cm³/mol. The quantitative estimate of drug-likeness (QED) is 0.699. The highest BCUT2D eigenvalue weighted by atomic mass is 35.5. The first-order valence-electron chi connectivity index (χ1n) is 9.79. The smallest absolute Gasteiger partial charge is 0.238 e. The zero-order valence-electron chi connectivity index (χ0n) is 17.1. The Morgan fingerprint density at radius 1 is 1.07 bits per heavy atom. The lowest BCUT2D eigenvalue weighted by Gasteiger charge is -2.30. The standard InChI is InChI=1S/C22H26ClN3O4/c1-29-18-6-7-19(20(13-18)30-2)25-21(27)14-26-10-8-15(9-11-26)22(28)24-17-5-3-4-16(23)12-17/h3-7,12-13,15H,8-11,14H2,1-2H3,(H,24,28)(H,25,27). The van der Waals surface area contributed by atoms with Crippen LogP contribution in [0.3, 0.4) is 0 Å². The van der Waals surface area contributed by atoms with Gasteiger partial charge in [-0.3, -0.25) is 14.5 Å². The second kappa shape index (κ2) is 10.3. The van der Waals surface area contributed by atoms with Crippen molar-refractivity contribution in [3.63, 3.8) is 0 Å². The molecule has 160 valence electrons. The molecule has 7 nitrogen and oxygen atoms in total. The maximum Gasteiger partial charge on any atom is 0.238 e. The third-order valence-electron chi connectivity index (χ3n) is 5.10. The first-order valence-corrected chi connectivity index (χ1v) is 10.2. The van der Waals surface area contributed by atoms with Crippen LogP contribution >= 0.6 is 11.6 Å². The highest BCUT2D eigenvalue weighted by Crippen LogP contribution is 2.29. The van der Waals surface area contributed by atoms with E-state index in [1.54, 1.807) is 50.6 Å². The highest BCUT2D eigenvalue weighted by Gasteiger charge is 2.26. The van der Waals surface area contributed by atoms with Crippen LogP contribution in [0, 0.1) is 5.92 Å². The Bertz CT molecular complexity index is 898. The van der Waals surface area contributed by atoms with Crippen LogP contribution in [-0.2, 0) is 9.59 Å². The molecule has 2 aromatic rings. The number of benzene rings is 2. The fourth-order valence-electron chi connectivity index (χ4n) is 3.46. The van der Waals surface area contributed by atoms with E-state index in [1.165, 1.54) is 0 Å². The Hall–Kier alpha value is -2.77. The molecule has 0 aromatic heterocycles. The molecule has 1 aliphatic rings. The number of amides is 2.